The minimum absolute atomic E-state index is 0.479. The Hall–Kier alpha value is -0.0400. The molecule has 2 bridgehead atoms. The fourth-order valence-corrected chi connectivity index (χ4v) is 3.12. The molecule has 0 unspecified atom stereocenters. The molecular weight excluding hydrogens is 134 g/mol. The van der Waals surface area contributed by atoms with Crippen LogP contribution in [-0.2, 0) is 0 Å². The van der Waals surface area contributed by atoms with E-state index in [4.69, 9.17) is 0 Å². The summed E-state index contributed by atoms with van der Waals surface area (Å²) in [5, 5.41) is 3.76. The average molecular weight is 153 g/mol. The Morgan fingerprint density at radius 1 is 1.27 bits per heavy atom. The van der Waals surface area contributed by atoms with Crippen LogP contribution in [0.5, 0.6) is 0 Å². The minimum atomic E-state index is 0.479. The first-order valence-electron chi connectivity index (χ1n) is 4.80. The van der Waals surface area contributed by atoms with Crippen molar-refractivity contribution in [2.75, 3.05) is 0 Å². The molecule has 0 aromatic heterocycles. The summed E-state index contributed by atoms with van der Waals surface area (Å²) in [6.45, 7) is 7.19. The summed E-state index contributed by atoms with van der Waals surface area (Å²) in [6, 6.07) is 0.793. The predicted octanol–water partition coefficient (Wildman–Crippen LogP) is 2.32. The molecule has 0 saturated carbocycles. The van der Waals surface area contributed by atoms with E-state index in [2.05, 4.69) is 26.1 Å². The second-order valence-electron chi connectivity index (χ2n) is 5.32. The van der Waals surface area contributed by atoms with Crippen molar-refractivity contribution in [2.45, 2.75) is 58.0 Å². The molecular formula is C10H19N. The van der Waals surface area contributed by atoms with Crippen LogP contribution in [-0.4, -0.2) is 11.6 Å². The average Bonchev–Trinajstić information content (AvgIpc) is 1.98. The number of hydrogen-bond donors (Lipinski definition) is 1. The third-order valence-electron chi connectivity index (χ3n) is 3.53. The molecule has 2 atom stereocenters. The first-order chi connectivity index (χ1) is 5.02. The Balaban J connectivity index is 2.24. The van der Waals surface area contributed by atoms with Gasteiger partial charge in [-0.1, -0.05) is 20.3 Å². The second kappa shape index (κ2) is 2.01. The Morgan fingerprint density at radius 3 is 2.55 bits per heavy atom. The lowest BCUT2D eigenvalue weighted by Crippen LogP contribution is -2.44. The molecule has 1 N–H and O–H groups in total. The first kappa shape index (κ1) is 7.60. The third-order valence-corrected chi connectivity index (χ3v) is 3.53. The maximum atomic E-state index is 3.76. The lowest BCUT2D eigenvalue weighted by molar-refractivity contribution is 0.279. The normalized spacial score (nSPS) is 47.7. The summed E-state index contributed by atoms with van der Waals surface area (Å²) in [5.74, 6) is 0. The summed E-state index contributed by atoms with van der Waals surface area (Å²) in [6.07, 6.45) is 5.57. The Bertz CT molecular complexity index is 171. The highest BCUT2D eigenvalue weighted by molar-refractivity contribution is 5.06. The fourth-order valence-electron chi connectivity index (χ4n) is 3.12. The van der Waals surface area contributed by atoms with Gasteiger partial charge in [-0.15, -0.1) is 0 Å². The van der Waals surface area contributed by atoms with Crippen LogP contribution >= 0.6 is 0 Å². The van der Waals surface area contributed by atoms with Crippen LogP contribution in [0.15, 0.2) is 0 Å². The Labute approximate surface area is 69.6 Å². The zero-order valence-electron chi connectivity index (χ0n) is 7.91. The SMILES string of the molecule is CC1(C)C[C@]2(C)CCC[C@H]1N2. The molecule has 2 aliphatic heterocycles. The van der Waals surface area contributed by atoms with Crippen molar-refractivity contribution in [1.29, 1.82) is 0 Å². The largest absolute Gasteiger partial charge is 0.308 e. The number of fused-ring (bicyclic) bond motifs is 2. The molecule has 2 fully saturated rings. The third kappa shape index (κ3) is 1.10. The van der Waals surface area contributed by atoms with Gasteiger partial charge in [0, 0.05) is 11.6 Å². The van der Waals surface area contributed by atoms with Gasteiger partial charge in [0.15, 0.2) is 0 Å². The molecule has 64 valence electrons. The highest BCUT2D eigenvalue weighted by Crippen LogP contribution is 2.46. The van der Waals surface area contributed by atoms with Crippen LogP contribution in [0, 0.1) is 5.41 Å². The first-order valence-corrected chi connectivity index (χ1v) is 4.80. The van der Waals surface area contributed by atoms with Gasteiger partial charge in [-0.3, -0.25) is 0 Å². The number of hydrogen-bond acceptors (Lipinski definition) is 1. The molecule has 0 radical (unpaired) electrons. The summed E-state index contributed by atoms with van der Waals surface area (Å²) in [7, 11) is 0. The van der Waals surface area contributed by atoms with Crippen molar-refractivity contribution in [2.24, 2.45) is 5.41 Å². The van der Waals surface area contributed by atoms with Crippen molar-refractivity contribution in [3.63, 3.8) is 0 Å². The molecule has 2 saturated heterocycles. The maximum Gasteiger partial charge on any atom is 0.0161 e. The van der Waals surface area contributed by atoms with E-state index in [9.17, 15) is 0 Å². The molecule has 0 spiro atoms. The molecule has 2 rings (SSSR count). The molecule has 1 heteroatoms. The zero-order chi connectivity index (χ0) is 8.11. The van der Waals surface area contributed by atoms with E-state index in [0.29, 0.717) is 11.0 Å². The van der Waals surface area contributed by atoms with Crippen molar-refractivity contribution >= 4 is 0 Å². The van der Waals surface area contributed by atoms with Crippen molar-refractivity contribution in [1.82, 2.24) is 5.32 Å². The van der Waals surface area contributed by atoms with E-state index in [0.717, 1.165) is 6.04 Å². The van der Waals surface area contributed by atoms with Crippen LogP contribution in [0.3, 0.4) is 0 Å². The van der Waals surface area contributed by atoms with Crippen LogP contribution in [0.2, 0.25) is 0 Å². The van der Waals surface area contributed by atoms with Crippen molar-refractivity contribution in [3.8, 4) is 0 Å². The number of nitrogens with one attached hydrogen (secondary N) is 1. The van der Waals surface area contributed by atoms with Gasteiger partial charge in [-0.25, -0.2) is 0 Å². The fraction of sp³-hybridized carbons (Fsp3) is 1.00. The highest BCUT2D eigenvalue weighted by atomic mass is 15.1. The lowest BCUT2D eigenvalue weighted by atomic mass is 9.82. The second-order valence-corrected chi connectivity index (χ2v) is 5.32. The van der Waals surface area contributed by atoms with Gasteiger partial charge in [0.1, 0.15) is 0 Å². The maximum absolute atomic E-state index is 3.76. The predicted molar refractivity (Wildman–Crippen MR) is 47.6 cm³/mol. The smallest absolute Gasteiger partial charge is 0.0161 e. The molecule has 0 aliphatic carbocycles. The molecule has 2 heterocycles. The Kier molecular flexibility index (Phi) is 1.39. The molecule has 0 aromatic rings. The van der Waals surface area contributed by atoms with E-state index in [-0.39, 0.29) is 0 Å². The minimum Gasteiger partial charge on any atom is -0.308 e. The van der Waals surface area contributed by atoms with Crippen LogP contribution in [0.4, 0.5) is 0 Å². The van der Waals surface area contributed by atoms with Crippen molar-refractivity contribution in [3.05, 3.63) is 0 Å². The summed E-state index contributed by atoms with van der Waals surface area (Å²) < 4.78 is 0. The summed E-state index contributed by atoms with van der Waals surface area (Å²) in [5.41, 5.74) is 1.03. The van der Waals surface area contributed by atoms with E-state index in [1.54, 1.807) is 0 Å². The van der Waals surface area contributed by atoms with E-state index >= 15 is 0 Å². The van der Waals surface area contributed by atoms with E-state index in [1.807, 2.05) is 0 Å². The van der Waals surface area contributed by atoms with Crippen LogP contribution < -0.4 is 5.32 Å². The molecule has 0 aromatic carbocycles. The van der Waals surface area contributed by atoms with Gasteiger partial charge in [0.2, 0.25) is 0 Å². The van der Waals surface area contributed by atoms with Crippen LogP contribution in [0.1, 0.15) is 46.5 Å². The summed E-state index contributed by atoms with van der Waals surface area (Å²) in [4.78, 5) is 0. The monoisotopic (exact) mass is 153 g/mol. The highest BCUT2D eigenvalue weighted by Gasteiger charge is 2.48. The molecule has 0 amide bonds. The van der Waals surface area contributed by atoms with Crippen molar-refractivity contribution < 1.29 is 0 Å². The standard InChI is InChI=1S/C10H19N/c1-9(2)7-10(3)6-4-5-8(9)11-10/h8,11H,4-7H2,1-3H3/t8-,10+/m1/s1. The van der Waals surface area contributed by atoms with Gasteiger partial charge in [-0.05, 0) is 31.6 Å². The van der Waals surface area contributed by atoms with Gasteiger partial charge < -0.3 is 5.32 Å². The summed E-state index contributed by atoms with van der Waals surface area (Å²) >= 11 is 0. The molecule has 1 nitrogen and oxygen atoms in total. The van der Waals surface area contributed by atoms with Gasteiger partial charge in [0.25, 0.3) is 0 Å². The lowest BCUT2D eigenvalue weighted by Gasteiger charge is -2.31. The van der Waals surface area contributed by atoms with Gasteiger partial charge in [-0.2, -0.15) is 0 Å². The molecule has 11 heavy (non-hydrogen) atoms. The van der Waals surface area contributed by atoms with E-state index < -0.39 is 0 Å². The van der Waals surface area contributed by atoms with Gasteiger partial charge >= 0.3 is 0 Å². The zero-order valence-corrected chi connectivity index (χ0v) is 7.91. The van der Waals surface area contributed by atoms with Gasteiger partial charge in [0.05, 0.1) is 0 Å². The molecule has 2 aliphatic rings. The number of rotatable bonds is 0. The van der Waals surface area contributed by atoms with Crippen LogP contribution in [0.25, 0.3) is 0 Å². The Morgan fingerprint density at radius 2 is 2.00 bits per heavy atom. The topological polar surface area (TPSA) is 12.0 Å². The van der Waals surface area contributed by atoms with E-state index in [1.165, 1.54) is 25.7 Å². The number of piperidine rings is 1. The quantitative estimate of drug-likeness (QED) is 0.563.